The zero-order chi connectivity index (χ0) is 21.0. The fraction of sp³-hybridized carbons (Fsp3) is 0.522. The predicted octanol–water partition coefficient (Wildman–Crippen LogP) is 3.99. The number of aromatic nitrogens is 4. The Labute approximate surface area is 181 Å². The van der Waals surface area contributed by atoms with Gasteiger partial charge >= 0.3 is 0 Å². The second-order valence-corrected chi connectivity index (χ2v) is 8.35. The van der Waals surface area contributed by atoms with Gasteiger partial charge in [-0.05, 0) is 50.1 Å². The SMILES string of the molecule is COCc1c(-c2nc(-c3ccc(OC4CCNC4)cc3)no2)cnn1C1CCCCC1. The largest absolute Gasteiger partial charge is 0.489 e. The van der Waals surface area contributed by atoms with Crippen molar-refractivity contribution in [3.63, 3.8) is 0 Å². The van der Waals surface area contributed by atoms with Crippen LogP contribution in [0.4, 0.5) is 0 Å². The topological polar surface area (TPSA) is 87.2 Å². The maximum absolute atomic E-state index is 5.99. The molecule has 164 valence electrons. The lowest BCUT2D eigenvalue weighted by molar-refractivity contribution is 0.171. The summed E-state index contributed by atoms with van der Waals surface area (Å²) in [6.07, 6.45) is 9.19. The van der Waals surface area contributed by atoms with Crippen molar-refractivity contribution in [3.8, 4) is 28.6 Å². The van der Waals surface area contributed by atoms with Gasteiger partial charge in [-0.25, -0.2) is 0 Å². The van der Waals surface area contributed by atoms with Crippen LogP contribution < -0.4 is 10.1 Å². The molecule has 2 fully saturated rings. The molecule has 0 bridgehead atoms. The van der Waals surface area contributed by atoms with E-state index in [0.29, 0.717) is 24.4 Å². The summed E-state index contributed by atoms with van der Waals surface area (Å²) in [6, 6.07) is 8.27. The van der Waals surface area contributed by atoms with Crippen molar-refractivity contribution in [1.29, 1.82) is 0 Å². The van der Waals surface area contributed by atoms with Crippen molar-refractivity contribution in [2.75, 3.05) is 20.2 Å². The Balaban J connectivity index is 1.35. The first kappa shape index (κ1) is 20.2. The molecule has 0 amide bonds. The number of hydrogen-bond acceptors (Lipinski definition) is 7. The number of methoxy groups -OCH3 is 1. The molecule has 0 spiro atoms. The minimum Gasteiger partial charge on any atom is -0.489 e. The van der Waals surface area contributed by atoms with Gasteiger partial charge in [-0.3, -0.25) is 4.68 Å². The molecule has 2 aliphatic rings. The molecular weight excluding hydrogens is 394 g/mol. The summed E-state index contributed by atoms with van der Waals surface area (Å²) in [6.45, 7) is 2.37. The van der Waals surface area contributed by atoms with E-state index in [4.69, 9.17) is 14.0 Å². The van der Waals surface area contributed by atoms with Crippen LogP contribution in [0.5, 0.6) is 5.75 Å². The van der Waals surface area contributed by atoms with Gasteiger partial charge in [-0.2, -0.15) is 10.1 Å². The maximum Gasteiger partial charge on any atom is 0.261 e. The van der Waals surface area contributed by atoms with Gasteiger partial charge in [0.15, 0.2) is 0 Å². The average Bonchev–Trinajstić information content (AvgIpc) is 3.56. The van der Waals surface area contributed by atoms with Gasteiger partial charge in [0.2, 0.25) is 5.82 Å². The average molecular weight is 424 g/mol. The summed E-state index contributed by atoms with van der Waals surface area (Å²) in [5, 5.41) is 12.2. The summed E-state index contributed by atoms with van der Waals surface area (Å²) in [7, 11) is 1.70. The quantitative estimate of drug-likeness (QED) is 0.615. The minimum absolute atomic E-state index is 0.238. The highest BCUT2D eigenvalue weighted by Crippen LogP contribution is 2.33. The van der Waals surface area contributed by atoms with Crippen LogP contribution >= 0.6 is 0 Å². The second kappa shape index (κ2) is 9.20. The smallest absolute Gasteiger partial charge is 0.261 e. The Bertz CT molecular complexity index is 985. The standard InChI is InChI=1S/C23H29N5O3/c1-29-15-21-20(14-25-28(21)17-5-3-2-4-6-17)23-26-22(27-31-23)16-7-9-18(10-8-16)30-19-11-12-24-13-19/h7-10,14,17,19,24H,2-6,11-13,15H2,1H3. The maximum atomic E-state index is 5.99. The highest BCUT2D eigenvalue weighted by atomic mass is 16.5. The Morgan fingerprint density at radius 3 is 2.71 bits per heavy atom. The number of hydrogen-bond donors (Lipinski definition) is 1. The molecule has 1 aliphatic heterocycles. The highest BCUT2D eigenvalue weighted by Gasteiger charge is 2.24. The van der Waals surface area contributed by atoms with Crippen LogP contribution in [0, 0.1) is 0 Å². The molecule has 1 unspecified atom stereocenters. The summed E-state index contributed by atoms with van der Waals surface area (Å²) >= 11 is 0. The fourth-order valence-corrected chi connectivity index (χ4v) is 4.54. The number of rotatable bonds is 7. The molecule has 1 saturated carbocycles. The molecular formula is C23H29N5O3. The van der Waals surface area contributed by atoms with Crippen molar-refractivity contribution in [3.05, 3.63) is 36.2 Å². The van der Waals surface area contributed by atoms with E-state index in [1.165, 1.54) is 19.3 Å². The van der Waals surface area contributed by atoms with Crippen LogP contribution in [0.15, 0.2) is 35.0 Å². The first-order chi connectivity index (χ1) is 15.3. The summed E-state index contributed by atoms with van der Waals surface area (Å²) < 4.78 is 19.2. The third-order valence-corrected chi connectivity index (χ3v) is 6.19. The van der Waals surface area contributed by atoms with Gasteiger partial charge in [0, 0.05) is 19.2 Å². The fourth-order valence-electron chi connectivity index (χ4n) is 4.54. The lowest BCUT2D eigenvalue weighted by Crippen LogP contribution is -2.19. The predicted molar refractivity (Wildman–Crippen MR) is 116 cm³/mol. The summed E-state index contributed by atoms with van der Waals surface area (Å²) in [5.74, 6) is 1.89. The van der Waals surface area contributed by atoms with Gasteiger partial charge in [-0.15, -0.1) is 0 Å². The molecule has 1 saturated heterocycles. The lowest BCUT2D eigenvalue weighted by atomic mass is 9.95. The van der Waals surface area contributed by atoms with Crippen LogP contribution in [0.25, 0.3) is 22.8 Å². The molecule has 8 nitrogen and oxygen atoms in total. The first-order valence-corrected chi connectivity index (χ1v) is 11.2. The van der Waals surface area contributed by atoms with E-state index in [0.717, 1.165) is 54.9 Å². The number of ether oxygens (including phenoxy) is 2. The van der Waals surface area contributed by atoms with Crippen LogP contribution in [-0.4, -0.2) is 46.2 Å². The Hall–Kier alpha value is -2.71. The van der Waals surface area contributed by atoms with Crippen LogP contribution in [0.2, 0.25) is 0 Å². The van der Waals surface area contributed by atoms with E-state index in [2.05, 4.69) is 25.2 Å². The molecule has 1 atom stereocenters. The van der Waals surface area contributed by atoms with Gasteiger partial charge in [-0.1, -0.05) is 24.4 Å². The van der Waals surface area contributed by atoms with Crippen LogP contribution in [0.3, 0.4) is 0 Å². The van der Waals surface area contributed by atoms with E-state index in [9.17, 15) is 0 Å². The lowest BCUT2D eigenvalue weighted by Gasteiger charge is -2.24. The molecule has 1 aromatic carbocycles. The van der Waals surface area contributed by atoms with Crippen molar-refractivity contribution < 1.29 is 14.0 Å². The number of nitrogens with zero attached hydrogens (tertiary/aromatic N) is 4. The summed E-state index contributed by atoms with van der Waals surface area (Å²) in [4.78, 5) is 4.65. The van der Waals surface area contributed by atoms with Gasteiger partial charge in [0.05, 0.1) is 30.1 Å². The third-order valence-electron chi connectivity index (χ3n) is 6.19. The van der Waals surface area contributed by atoms with Crippen molar-refractivity contribution in [1.82, 2.24) is 25.2 Å². The normalized spacial score (nSPS) is 19.7. The molecule has 31 heavy (non-hydrogen) atoms. The minimum atomic E-state index is 0.238. The third kappa shape index (κ3) is 4.36. The Morgan fingerprint density at radius 2 is 1.97 bits per heavy atom. The van der Waals surface area contributed by atoms with Crippen molar-refractivity contribution >= 4 is 0 Å². The first-order valence-electron chi connectivity index (χ1n) is 11.2. The van der Waals surface area contributed by atoms with Gasteiger partial charge in [0.1, 0.15) is 11.9 Å². The van der Waals surface area contributed by atoms with E-state index in [1.54, 1.807) is 7.11 Å². The van der Waals surface area contributed by atoms with Crippen LogP contribution in [0.1, 0.15) is 50.3 Å². The van der Waals surface area contributed by atoms with E-state index >= 15 is 0 Å². The second-order valence-electron chi connectivity index (χ2n) is 8.35. The molecule has 1 N–H and O–H groups in total. The van der Waals surface area contributed by atoms with Crippen molar-refractivity contribution in [2.45, 2.75) is 57.3 Å². The summed E-state index contributed by atoms with van der Waals surface area (Å²) in [5.41, 5.74) is 2.73. The number of benzene rings is 1. The highest BCUT2D eigenvalue weighted by molar-refractivity contribution is 5.61. The zero-order valence-corrected chi connectivity index (χ0v) is 17.9. The van der Waals surface area contributed by atoms with E-state index in [-0.39, 0.29) is 6.10 Å². The molecule has 3 heterocycles. The van der Waals surface area contributed by atoms with Gasteiger partial charge in [0.25, 0.3) is 5.89 Å². The molecule has 1 aliphatic carbocycles. The Kier molecular flexibility index (Phi) is 5.99. The van der Waals surface area contributed by atoms with Gasteiger partial charge < -0.3 is 19.3 Å². The molecule has 5 rings (SSSR count). The molecule has 0 radical (unpaired) electrons. The monoisotopic (exact) mass is 423 g/mol. The zero-order valence-electron chi connectivity index (χ0n) is 17.9. The van der Waals surface area contributed by atoms with Crippen molar-refractivity contribution in [2.24, 2.45) is 0 Å². The van der Waals surface area contributed by atoms with E-state index < -0.39 is 0 Å². The van der Waals surface area contributed by atoms with Crippen LogP contribution in [-0.2, 0) is 11.3 Å². The molecule has 3 aromatic rings. The number of nitrogens with one attached hydrogen (secondary N) is 1. The van der Waals surface area contributed by atoms with E-state index in [1.807, 2.05) is 30.5 Å². The Morgan fingerprint density at radius 1 is 1.13 bits per heavy atom. The molecule has 8 heteroatoms. The molecule has 2 aromatic heterocycles.